The second-order valence-corrected chi connectivity index (χ2v) is 10.7. The van der Waals surface area contributed by atoms with Gasteiger partial charge < -0.3 is 14.0 Å². The van der Waals surface area contributed by atoms with E-state index in [0.29, 0.717) is 21.7 Å². The molecule has 1 aliphatic heterocycles. The lowest BCUT2D eigenvalue weighted by molar-refractivity contribution is -0.274. The minimum absolute atomic E-state index is 0.0690. The molecule has 6 nitrogen and oxygen atoms in total. The Labute approximate surface area is 222 Å². The van der Waals surface area contributed by atoms with E-state index >= 15 is 0 Å². The largest absolute Gasteiger partial charge is 0.573 e. The molecule has 200 valence electrons. The molecule has 0 spiro atoms. The number of alkyl halides is 3. The van der Waals surface area contributed by atoms with Gasteiger partial charge in [-0.25, -0.2) is 14.4 Å². The van der Waals surface area contributed by atoms with Gasteiger partial charge in [0.25, 0.3) is 0 Å². The number of carbonyl (C=O) groups is 1. The Balaban J connectivity index is 1.50. The van der Waals surface area contributed by atoms with Gasteiger partial charge in [0, 0.05) is 24.6 Å². The monoisotopic (exact) mass is 548 g/mol. The molecule has 0 amide bonds. The maximum atomic E-state index is 13.1. The fourth-order valence-electron chi connectivity index (χ4n) is 3.67. The van der Waals surface area contributed by atoms with Crippen molar-refractivity contribution < 1.29 is 36.4 Å². The number of nitrogens with zero attached hydrogens (tertiary/aromatic N) is 2. The smallest absolute Gasteiger partial charge is 0.406 e. The van der Waals surface area contributed by atoms with Crippen LogP contribution >= 0.6 is 11.8 Å². The summed E-state index contributed by atoms with van der Waals surface area (Å²) in [5.74, 6) is -0.788. The highest BCUT2D eigenvalue weighted by molar-refractivity contribution is 7.98. The number of halogens is 4. The molecule has 2 aromatic carbocycles. The molecular formula is C26H25BF4N2O4S. The van der Waals surface area contributed by atoms with Crippen LogP contribution in [0.5, 0.6) is 5.75 Å². The highest BCUT2D eigenvalue weighted by Crippen LogP contribution is 2.37. The van der Waals surface area contributed by atoms with Crippen LogP contribution in [0.2, 0.25) is 0 Å². The number of thioether (sulfide) groups is 1. The van der Waals surface area contributed by atoms with Gasteiger partial charge in [0.2, 0.25) is 0 Å². The second kappa shape index (κ2) is 10.7. The molecule has 0 bridgehead atoms. The van der Waals surface area contributed by atoms with Crippen LogP contribution in [-0.2, 0) is 21.5 Å². The van der Waals surface area contributed by atoms with Crippen molar-refractivity contribution in [2.45, 2.75) is 62.6 Å². The van der Waals surface area contributed by atoms with E-state index in [9.17, 15) is 22.4 Å². The summed E-state index contributed by atoms with van der Waals surface area (Å²) in [5, 5.41) is 0.324. The lowest BCUT2D eigenvalue weighted by Crippen LogP contribution is -2.41. The third kappa shape index (κ3) is 6.72. The summed E-state index contributed by atoms with van der Waals surface area (Å²) in [6.07, 6.45) is -1.99. The first kappa shape index (κ1) is 28.1. The topological polar surface area (TPSA) is 70.5 Å². The van der Waals surface area contributed by atoms with Crippen LogP contribution in [0.3, 0.4) is 0 Å². The standard InChI is InChI=1S/C26H25BF4N2O4S/c1-24(2)25(3,4)37-27(36-24)21-10-9-20(35-26(29,30)31)12-17(21)15-38-23-32-13-18(14-33-23)22(34)11-16-5-7-19(28)8-6-16/h5-10,12-14H,11,15H2,1-4H3. The van der Waals surface area contributed by atoms with Crippen LogP contribution in [0.4, 0.5) is 17.6 Å². The molecule has 3 aromatic rings. The van der Waals surface area contributed by atoms with Crippen LogP contribution in [0.1, 0.15) is 49.2 Å². The highest BCUT2D eigenvalue weighted by atomic mass is 32.2. The number of hydrogen-bond acceptors (Lipinski definition) is 7. The molecule has 0 N–H and O–H groups in total. The number of Topliss-reactive ketones (excluding diaryl/α,β-unsaturated/α-hetero) is 1. The quantitative estimate of drug-likeness (QED) is 0.121. The molecule has 38 heavy (non-hydrogen) atoms. The zero-order valence-electron chi connectivity index (χ0n) is 21.1. The Kier molecular flexibility index (Phi) is 7.87. The summed E-state index contributed by atoms with van der Waals surface area (Å²) < 4.78 is 67.9. The fourth-order valence-corrected chi connectivity index (χ4v) is 4.46. The number of hydrogen-bond donors (Lipinski definition) is 0. The van der Waals surface area contributed by atoms with E-state index in [1.165, 1.54) is 66.6 Å². The first-order valence-electron chi connectivity index (χ1n) is 11.7. The van der Waals surface area contributed by atoms with Gasteiger partial charge in [0.05, 0.1) is 16.8 Å². The van der Waals surface area contributed by atoms with Crippen molar-refractivity contribution in [2.24, 2.45) is 0 Å². The summed E-state index contributed by atoms with van der Waals surface area (Å²) >= 11 is 1.18. The number of carbonyl (C=O) groups excluding carboxylic acids is 1. The van der Waals surface area contributed by atoms with E-state index < -0.39 is 24.7 Å². The summed E-state index contributed by atoms with van der Waals surface area (Å²) in [7, 11) is -0.789. The molecule has 1 aromatic heterocycles. The molecule has 0 saturated carbocycles. The SMILES string of the molecule is CC1(C)OB(c2ccc(OC(F)(F)F)cc2CSc2ncc(C(=O)Cc3ccc(F)cc3)cn2)OC1(C)C. The van der Waals surface area contributed by atoms with Crippen LogP contribution in [0, 0.1) is 5.82 Å². The van der Waals surface area contributed by atoms with Gasteiger partial charge in [0.15, 0.2) is 10.9 Å². The summed E-state index contributed by atoms with van der Waals surface area (Å²) in [5.41, 5.74) is 0.737. The van der Waals surface area contributed by atoms with E-state index in [-0.39, 0.29) is 35.1 Å². The summed E-state index contributed by atoms with van der Waals surface area (Å²) in [6.45, 7) is 7.54. The first-order valence-corrected chi connectivity index (χ1v) is 12.7. The minimum atomic E-state index is -4.84. The lowest BCUT2D eigenvalue weighted by atomic mass is 9.76. The van der Waals surface area contributed by atoms with Crippen LogP contribution < -0.4 is 10.2 Å². The van der Waals surface area contributed by atoms with Gasteiger partial charge in [-0.1, -0.05) is 30.0 Å². The Morgan fingerprint density at radius 3 is 2.18 bits per heavy atom. The molecule has 12 heteroatoms. The average Bonchev–Trinajstić information content (AvgIpc) is 3.05. The molecule has 4 rings (SSSR count). The van der Waals surface area contributed by atoms with E-state index in [0.717, 1.165) is 0 Å². The maximum absolute atomic E-state index is 13.1. The highest BCUT2D eigenvalue weighted by Gasteiger charge is 2.52. The predicted octanol–water partition coefficient (Wildman–Crippen LogP) is 5.53. The molecule has 1 saturated heterocycles. The van der Waals surface area contributed by atoms with Gasteiger partial charge >= 0.3 is 13.5 Å². The number of benzene rings is 2. The summed E-state index contributed by atoms with van der Waals surface area (Å²) in [6, 6.07) is 9.65. The van der Waals surface area contributed by atoms with Gasteiger partial charge in [-0.05, 0) is 68.6 Å². The van der Waals surface area contributed by atoms with Crippen LogP contribution in [-0.4, -0.2) is 40.4 Å². The second-order valence-electron chi connectivity index (χ2n) is 9.77. The zero-order chi connectivity index (χ0) is 27.7. The maximum Gasteiger partial charge on any atom is 0.573 e. The van der Waals surface area contributed by atoms with Crippen molar-refractivity contribution in [3.63, 3.8) is 0 Å². The Morgan fingerprint density at radius 2 is 1.61 bits per heavy atom. The molecule has 0 radical (unpaired) electrons. The van der Waals surface area contributed by atoms with Crippen molar-refractivity contribution in [3.05, 3.63) is 77.4 Å². The third-order valence-electron chi connectivity index (χ3n) is 6.44. The Morgan fingerprint density at radius 1 is 1.00 bits per heavy atom. The molecule has 0 unspecified atom stereocenters. The Bertz CT molecular complexity index is 1290. The minimum Gasteiger partial charge on any atom is -0.406 e. The number of ketones is 1. The molecule has 2 heterocycles. The average molecular weight is 548 g/mol. The van der Waals surface area contributed by atoms with E-state index in [4.69, 9.17) is 9.31 Å². The van der Waals surface area contributed by atoms with E-state index in [1.807, 2.05) is 27.7 Å². The zero-order valence-corrected chi connectivity index (χ0v) is 22.0. The van der Waals surface area contributed by atoms with Crippen LogP contribution in [0.15, 0.2) is 60.0 Å². The van der Waals surface area contributed by atoms with Crippen molar-refractivity contribution in [2.75, 3.05) is 0 Å². The number of rotatable bonds is 8. The van der Waals surface area contributed by atoms with E-state index in [1.54, 1.807) is 0 Å². The van der Waals surface area contributed by atoms with Gasteiger partial charge in [0.1, 0.15) is 11.6 Å². The van der Waals surface area contributed by atoms with Gasteiger partial charge in [-0.2, -0.15) is 0 Å². The molecule has 0 atom stereocenters. The third-order valence-corrected chi connectivity index (χ3v) is 7.36. The fraction of sp³-hybridized carbons (Fsp3) is 0.346. The lowest BCUT2D eigenvalue weighted by Gasteiger charge is -2.32. The molecule has 0 aliphatic carbocycles. The van der Waals surface area contributed by atoms with Gasteiger partial charge in [-0.15, -0.1) is 13.2 Å². The number of aromatic nitrogens is 2. The summed E-state index contributed by atoms with van der Waals surface area (Å²) in [4.78, 5) is 21.0. The van der Waals surface area contributed by atoms with Crippen molar-refractivity contribution in [3.8, 4) is 5.75 Å². The predicted molar refractivity (Wildman–Crippen MR) is 135 cm³/mol. The van der Waals surface area contributed by atoms with Crippen molar-refractivity contribution in [1.82, 2.24) is 9.97 Å². The van der Waals surface area contributed by atoms with E-state index in [2.05, 4.69) is 14.7 Å². The first-order chi connectivity index (χ1) is 17.7. The number of ether oxygens (including phenoxy) is 1. The molecular weight excluding hydrogens is 523 g/mol. The normalized spacial score (nSPS) is 16.5. The molecule has 1 fully saturated rings. The van der Waals surface area contributed by atoms with Crippen LogP contribution in [0.25, 0.3) is 0 Å². The molecule has 1 aliphatic rings. The van der Waals surface area contributed by atoms with Gasteiger partial charge in [-0.3, -0.25) is 4.79 Å². The van der Waals surface area contributed by atoms with Crippen molar-refractivity contribution in [1.29, 1.82) is 0 Å². The van der Waals surface area contributed by atoms with Crippen molar-refractivity contribution >= 4 is 30.1 Å². The Hall–Kier alpha value is -2.96.